The summed E-state index contributed by atoms with van der Waals surface area (Å²) in [4.78, 5) is 20.2. The number of carboxylic acid groups (broad SMARTS) is 1. The van der Waals surface area contributed by atoms with Crippen molar-refractivity contribution in [3.63, 3.8) is 0 Å². The molecule has 0 aromatic heterocycles. The van der Waals surface area contributed by atoms with Crippen molar-refractivity contribution < 1.29 is 25.2 Å². The molecule has 0 bridgehead atoms. The van der Waals surface area contributed by atoms with Crippen molar-refractivity contribution in [2.75, 3.05) is 6.61 Å². The minimum Gasteiger partial charge on any atom is -0.477 e. The first-order chi connectivity index (χ1) is 4.54. The third-order valence-electron chi connectivity index (χ3n) is 0.837. The second-order valence-corrected chi connectivity index (χ2v) is 1.84. The second-order valence-electron chi connectivity index (χ2n) is 1.84. The molecule has 0 aliphatic carbocycles. The Kier molecular flexibility index (Phi) is 3.42. The average Bonchev–Trinajstić information content (AvgIpc) is 1.82. The third kappa shape index (κ3) is 3.85. The fourth-order valence-electron chi connectivity index (χ4n) is 0.289. The van der Waals surface area contributed by atoms with Gasteiger partial charge in [0.05, 0.1) is 0 Å². The summed E-state index contributed by atoms with van der Waals surface area (Å²) in [6.45, 7) is 1.05. The SMILES string of the molecule is CC(=O)OC[C@H]([NH3+])C(=O)O. The van der Waals surface area contributed by atoms with E-state index in [9.17, 15) is 9.59 Å². The predicted octanol–water partition coefficient (Wildman–Crippen LogP) is -1.76. The zero-order valence-electron chi connectivity index (χ0n) is 5.66. The first-order valence-corrected chi connectivity index (χ1v) is 2.73. The number of carbonyl (C=O) groups excluding carboxylic acids is 1. The topological polar surface area (TPSA) is 91.2 Å². The zero-order chi connectivity index (χ0) is 8.15. The van der Waals surface area contributed by atoms with E-state index in [2.05, 4.69) is 10.5 Å². The Morgan fingerprint density at radius 1 is 1.70 bits per heavy atom. The van der Waals surface area contributed by atoms with E-state index < -0.39 is 18.0 Å². The monoisotopic (exact) mass is 148 g/mol. The molecule has 0 heterocycles. The molecular formula is C5H10NO4+. The van der Waals surface area contributed by atoms with Crippen LogP contribution in [0.15, 0.2) is 0 Å². The average molecular weight is 148 g/mol. The van der Waals surface area contributed by atoms with Crippen LogP contribution in [0.4, 0.5) is 0 Å². The Morgan fingerprint density at radius 3 is 2.50 bits per heavy atom. The summed E-state index contributed by atoms with van der Waals surface area (Å²) in [7, 11) is 0. The van der Waals surface area contributed by atoms with Gasteiger partial charge in [0.25, 0.3) is 0 Å². The summed E-state index contributed by atoms with van der Waals surface area (Å²) in [5.74, 6) is -1.56. The summed E-state index contributed by atoms with van der Waals surface area (Å²) >= 11 is 0. The number of carboxylic acids is 1. The number of hydrogen-bond acceptors (Lipinski definition) is 3. The van der Waals surface area contributed by atoms with Crippen LogP contribution in [0, 0.1) is 0 Å². The predicted molar refractivity (Wildman–Crippen MR) is 30.9 cm³/mol. The zero-order valence-corrected chi connectivity index (χ0v) is 5.66. The van der Waals surface area contributed by atoms with Crippen molar-refractivity contribution in [2.24, 2.45) is 0 Å². The molecule has 0 aromatic rings. The number of carbonyl (C=O) groups is 2. The van der Waals surface area contributed by atoms with Gasteiger partial charge in [0, 0.05) is 6.92 Å². The maximum atomic E-state index is 10.1. The highest BCUT2D eigenvalue weighted by Crippen LogP contribution is 1.80. The fourth-order valence-corrected chi connectivity index (χ4v) is 0.289. The molecule has 0 aromatic carbocycles. The number of rotatable bonds is 3. The fraction of sp³-hybridized carbons (Fsp3) is 0.600. The normalized spacial score (nSPS) is 12.2. The Balaban J connectivity index is 3.49. The van der Waals surface area contributed by atoms with Crippen LogP contribution in [0.3, 0.4) is 0 Å². The van der Waals surface area contributed by atoms with Crippen LogP contribution >= 0.6 is 0 Å². The number of hydrogen-bond donors (Lipinski definition) is 2. The van der Waals surface area contributed by atoms with Crippen molar-refractivity contribution >= 4 is 11.9 Å². The van der Waals surface area contributed by atoms with Gasteiger partial charge in [-0.1, -0.05) is 0 Å². The van der Waals surface area contributed by atoms with Gasteiger partial charge in [0.1, 0.15) is 0 Å². The van der Waals surface area contributed by atoms with E-state index in [-0.39, 0.29) is 6.61 Å². The molecule has 10 heavy (non-hydrogen) atoms. The van der Waals surface area contributed by atoms with Crippen LogP contribution in [0.5, 0.6) is 0 Å². The number of quaternary nitrogens is 1. The van der Waals surface area contributed by atoms with E-state index in [1.54, 1.807) is 0 Å². The Bertz CT molecular complexity index is 145. The van der Waals surface area contributed by atoms with E-state index in [1.165, 1.54) is 6.92 Å². The lowest BCUT2D eigenvalue weighted by Crippen LogP contribution is -2.67. The molecule has 1 atom stereocenters. The summed E-state index contributed by atoms with van der Waals surface area (Å²) in [6, 6.07) is -0.871. The molecule has 0 spiro atoms. The van der Waals surface area contributed by atoms with Crippen molar-refractivity contribution in [1.29, 1.82) is 0 Å². The lowest BCUT2D eigenvalue weighted by Gasteiger charge is -2.01. The minimum atomic E-state index is -1.07. The quantitative estimate of drug-likeness (QED) is 0.464. The summed E-state index contributed by atoms with van der Waals surface area (Å²) in [5.41, 5.74) is 3.23. The summed E-state index contributed by atoms with van der Waals surface area (Å²) < 4.78 is 4.38. The van der Waals surface area contributed by atoms with Gasteiger partial charge in [-0.3, -0.25) is 4.79 Å². The molecule has 0 fully saturated rings. The standard InChI is InChI=1S/C5H9NO4/c1-3(7)10-2-4(6)5(8)9/h4H,2,6H2,1H3,(H,8,9)/p+1/t4-/m0/s1. The van der Waals surface area contributed by atoms with Crippen LogP contribution in [0.1, 0.15) is 6.92 Å². The number of aliphatic carboxylic acids is 1. The van der Waals surface area contributed by atoms with Crippen LogP contribution in [0.25, 0.3) is 0 Å². The van der Waals surface area contributed by atoms with Crippen molar-refractivity contribution in [2.45, 2.75) is 13.0 Å². The molecule has 4 N–H and O–H groups in total. The molecular weight excluding hydrogens is 138 g/mol. The van der Waals surface area contributed by atoms with Gasteiger partial charge >= 0.3 is 11.9 Å². The molecule has 0 amide bonds. The molecule has 0 unspecified atom stereocenters. The molecule has 0 radical (unpaired) electrons. The van der Waals surface area contributed by atoms with Crippen LogP contribution < -0.4 is 5.73 Å². The van der Waals surface area contributed by atoms with Gasteiger partial charge in [-0.05, 0) is 0 Å². The third-order valence-corrected chi connectivity index (χ3v) is 0.837. The number of esters is 1. The van der Waals surface area contributed by atoms with E-state index >= 15 is 0 Å². The first-order valence-electron chi connectivity index (χ1n) is 2.73. The maximum absolute atomic E-state index is 10.1. The molecule has 5 nitrogen and oxygen atoms in total. The Morgan fingerprint density at radius 2 is 2.20 bits per heavy atom. The number of ether oxygens (including phenoxy) is 1. The van der Waals surface area contributed by atoms with Crippen molar-refractivity contribution in [3.8, 4) is 0 Å². The Labute approximate surface area is 57.8 Å². The molecule has 0 rings (SSSR count). The van der Waals surface area contributed by atoms with Crippen molar-refractivity contribution in [3.05, 3.63) is 0 Å². The van der Waals surface area contributed by atoms with Crippen LogP contribution in [-0.2, 0) is 14.3 Å². The molecule has 0 saturated heterocycles. The highest BCUT2D eigenvalue weighted by Gasteiger charge is 2.16. The van der Waals surface area contributed by atoms with E-state index in [0.29, 0.717) is 0 Å². The van der Waals surface area contributed by atoms with E-state index in [1.807, 2.05) is 0 Å². The van der Waals surface area contributed by atoms with E-state index in [0.717, 1.165) is 0 Å². The maximum Gasteiger partial charge on any atom is 0.366 e. The van der Waals surface area contributed by atoms with E-state index in [4.69, 9.17) is 5.11 Å². The van der Waals surface area contributed by atoms with Gasteiger partial charge in [-0.15, -0.1) is 0 Å². The highest BCUT2D eigenvalue weighted by molar-refractivity contribution is 5.72. The van der Waals surface area contributed by atoms with Crippen LogP contribution in [0.2, 0.25) is 0 Å². The summed E-state index contributed by atoms with van der Waals surface area (Å²) in [6.07, 6.45) is 0. The lowest BCUT2D eigenvalue weighted by molar-refractivity contribution is -0.412. The molecule has 0 saturated carbocycles. The highest BCUT2D eigenvalue weighted by atomic mass is 16.5. The van der Waals surface area contributed by atoms with Gasteiger partial charge in [-0.25, -0.2) is 4.79 Å². The van der Waals surface area contributed by atoms with Gasteiger partial charge < -0.3 is 15.6 Å². The van der Waals surface area contributed by atoms with Gasteiger partial charge in [-0.2, -0.15) is 0 Å². The largest absolute Gasteiger partial charge is 0.477 e. The minimum absolute atomic E-state index is 0.162. The van der Waals surface area contributed by atoms with Crippen molar-refractivity contribution in [1.82, 2.24) is 0 Å². The second kappa shape index (κ2) is 3.84. The van der Waals surface area contributed by atoms with Gasteiger partial charge in [0.15, 0.2) is 6.61 Å². The smallest absolute Gasteiger partial charge is 0.366 e. The summed E-state index contributed by atoms with van der Waals surface area (Å²) in [5, 5.41) is 8.24. The van der Waals surface area contributed by atoms with Gasteiger partial charge in [0.2, 0.25) is 6.04 Å². The lowest BCUT2D eigenvalue weighted by atomic mass is 10.3. The molecule has 58 valence electrons. The molecule has 5 heteroatoms. The molecule has 0 aliphatic heterocycles. The Hall–Kier alpha value is -1.10. The molecule has 0 aliphatic rings. The van der Waals surface area contributed by atoms with Crippen LogP contribution in [-0.4, -0.2) is 29.7 Å². The first kappa shape index (κ1) is 8.90.